The van der Waals surface area contributed by atoms with Gasteiger partial charge in [-0.3, -0.25) is 14.5 Å². The van der Waals surface area contributed by atoms with Crippen molar-refractivity contribution >= 4 is 5.97 Å². The number of fused-ring (bicyclic) bond motifs is 3. The number of ether oxygens (including phenoxy) is 1. The Morgan fingerprint density at radius 3 is 2.61 bits per heavy atom. The average molecular weight is 438 g/mol. The first kappa shape index (κ1) is 21.4. The minimum Gasteiger partial charge on any atom is -0.468 e. The highest BCUT2D eigenvalue weighted by Gasteiger charge is 2.56. The van der Waals surface area contributed by atoms with Crippen LogP contribution in [0.4, 0.5) is 13.2 Å². The number of halogens is 3. The molecule has 166 valence electrons. The zero-order valence-corrected chi connectivity index (χ0v) is 16.6. The van der Waals surface area contributed by atoms with Crippen molar-refractivity contribution < 1.29 is 27.8 Å². The molecular formula is C20H21F3N4O4. The lowest BCUT2D eigenvalue weighted by Gasteiger charge is -2.30. The van der Waals surface area contributed by atoms with Crippen molar-refractivity contribution in [3.63, 3.8) is 0 Å². The first-order valence-electron chi connectivity index (χ1n) is 9.77. The predicted molar refractivity (Wildman–Crippen MR) is 102 cm³/mol. The van der Waals surface area contributed by atoms with Crippen LogP contribution in [0, 0.1) is 11.8 Å². The Morgan fingerprint density at radius 2 is 2.00 bits per heavy atom. The quantitative estimate of drug-likeness (QED) is 0.705. The molecule has 4 atom stereocenters. The van der Waals surface area contributed by atoms with Gasteiger partial charge in [-0.25, -0.2) is 9.97 Å². The molecule has 0 amide bonds. The number of aliphatic hydroxyl groups is 1. The van der Waals surface area contributed by atoms with Gasteiger partial charge in [0.25, 0.3) is 5.56 Å². The highest BCUT2D eigenvalue weighted by Crippen LogP contribution is 2.49. The van der Waals surface area contributed by atoms with Gasteiger partial charge in [0, 0.05) is 55.2 Å². The molecule has 1 fully saturated rings. The smallest absolute Gasteiger partial charge is 0.390 e. The molecule has 0 saturated carbocycles. The number of alkyl halides is 3. The van der Waals surface area contributed by atoms with Gasteiger partial charge in [-0.15, -0.1) is 0 Å². The zero-order chi connectivity index (χ0) is 22.3. The summed E-state index contributed by atoms with van der Waals surface area (Å²) in [5, 5.41) is 9.99. The molecule has 31 heavy (non-hydrogen) atoms. The normalized spacial score (nSPS) is 25.3. The second-order valence-corrected chi connectivity index (χ2v) is 7.74. The predicted octanol–water partition coefficient (Wildman–Crippen LogP) is 1.39. The molecule has 4 heterocycles. The maximum absolute atomic E-state index is 13.1. The first-order chi connectivity index (χ1) is 14.8. The summed E-state index contributed by atoms with van der Waals surface area (Å²) >= 11 is 0. The van der Waals surface area contributed by atoms with Gasteiger partial charge in [0.1, 0.15) is 12.4 Å². The SMILES string of the molecule is COC(=O)[C@@H]1[C@@H](CO)[C@@H]2Cn3c(ccc(-c4cncnc4)c3=O)[C@@H]2N1CCC(F)(F)F. The molecule has 1 N–H and O–H groups in total. The second kappa shape index (κ2) is 8.04. The second-order valence-electron chi connectivity index (χ2n) is 7.74. The summed E-state index contributed by atoms with van der Waals surface area (Å²) in [4.78, 5) is 34.8. The van der Waals surface area contributed by atoms with Gasteiger partial charge in [0.05, 0.1) is 25.1 Å². The Kier molecular flexibility index (Phi) is 5.56. The highest BCUT2D eigenvalue weighted by atomic mass is 19.4. The van der Waals surface area contributed by atoms with E-state index in [4.69, 9.17) is 4.74 Å². The number of rotatable bonds is 5. The van der Waals surface area contributed by atoms with Gasteiger partial charge in [-0.2, -0.15) is 13.2 Å². The van der Waals surface area contributed by atoms with E-state index in [1.807, 2.05) is 0 Å². The van der Waals surface area contributed by atoms with Gasteiger partial charge >= 0.3 is 12.1 Å². The number of hydrogen-bond acceptors (Lipinski definition) is 7. The van der Waals surface area contributed by atoms with Crippen molar-refractivity contribution in [2.75, 3.05) is 20.3 Å². The Hall–Kier alpha value is -2.79. The number of carbonyl (C=O) groups excluding carboxylic acids is 1. The van der Waals surface area contributed by atoms with Crippen molar-refractivity contribution in [2.24, 2.45) is 11.8 Å². The van der Waals surface area contributed by atoms with E-state index in [9.17, 15) is 27.9 Å². The summed E-state index contributed by atoms with van der Waals surface area (Å²) in [5.74, 6) is -1.76. The third kappa shape index (κ3) is 3.72. The Balaban J connectivity index is 1.77. The molecule has 0 aromatic carbocycles. The maximum Gasteiger partial charge on any atom is 0.390 e. The van der Waals surface area contributed by atoms with Crippen LogP contribution in [-0.2, 0) is 16.1 Å². The number of pyridine rings is 1. The van der Waals surface area contributed by atoms with Crippen LogP contribution in [-0.4, -0.2) is 63.0 Å². The third-order valence-electron chi connectivity index (χ3n) is 6.16. The molecule has 2 aromatic heterocycles. The summed E-state index contributed by atoms with van der Waals surface area (Å²) < 4.78 is 45.3. The van der Waals surface area contributed by atoms with Gasteiger partial charge in [-0.05, 0) is 12.1 Å². The fourth-order valence-electron chi connectivity index (χ4n) is 4.87. The molecule has 4 rings (SSSR count). The van der Waals surface area contributed by atoms with Crippen molar-refractivity contribution in [1.82, 2.24) is 19.4 Å². The van der Waals surface area contributed by atoms with E-state index in [0.717, 1.165) is 0 Å². The number of esters is 1. The van der Waals surface area contributed by atoms with Crippen LogP contribution in [0.2, 0.25) is 0 Å². The van der Waals surface area contributed by atoms with E-state index < -0.39 is 55.6 Å². The lowest BCUT2D eigenvalue weighted by molar-refractivity contribution is -0.154. The molecule has 1 saturated heterocycles. The summed E-state index contributed by atoms with van der Waals surface area (Å²) in [6.45, 7) is -0.670. The summed E-state index contributed by atoms with van der Waals surface area (Å²) in [5.41, 5.74) is 1.10. The third-order valence-corrected chi connectivity index (χ3v) is 6.16. The molecule has 0 spiro atoms. The van der Waals surface area contributed by atoms with E-state index in [1.54, 1.807) is 12.1 Å². The van der Waals surface area contributed by atoms with E-state index in [2.05, 4.69) is 9.97 Å². The highest BCUT2D eigenvalue weighted by molar-refractivity contribution is 5.77. The van der Waals surface area contributed by atoms with Crippen LogP contribution < -0.4 is 5.56 Å². The average Bonchev–Trinajstić information content (AvgIpc) is 3.27. The Morgan fingerprint density at radius 1 is 1.29 bits per heavy atom. The lowest BCUT2D eigenvalue weighted by atomic mass is 9.88. The Labute approximate surface area is 175 Å². The first-order valence-corrected chi connectivity index (χ1v) is 9.77. The fourth-order valence-corrected chi connectivity index (χ4v) is 4.87. The van der Waals surface area contributed by atoms with Crippen LogP contribution in [0.15, 0.2) is 35.6 Å². The van der Waals surface area contributed by atoms with Crippen molar-refractivity contribution in [3.05, 3.63) is 46.9 Å². The molecule has 0 unspecified atom stereocenters. The largest absolute Gasteiger partial charge is 0.468 e. The number of methoxy groups -OCH3 is 1. The number of carbonyl (C=O) groups is 1. The van der Waals surface area contributed by atoms with Gasteiger partial charge in [0.15, 0.2) is 0 Å². The van der Waals surface area contributed by atoms with E-state index in [-0.39, 0.29) is 12.1 Å². The molecule has 0 radical (unpaired) electrons. The molecule has 11 heteroatoms. The standard InChI is InChI=1S/C20H21F3N4O4/c1-31-19(30)17-14(9-28)13-8-27-15(16(13)26(17)5-4-20(21,22)23)3-2-12(18(27)29)11-6-24-10-25-7-11/h2-3,6-7,10,13-14,16-17,28H,4-5,8-9H2,1H3/t13-,14-,16+,17-/m0/s1. The number of aliphatic hydroxyl groups excluding tert-OH is 1. The van der Waals surface area contributed by atoms with Crippen molar-refractivity contribution in [3.8, 4) is 11.1 Å². The van der Waals surface area contributed by atoms with Crippen molar-refractivity contribution in [2.45, 2.75) is 31.2 Å². The molecule has 2 aromatic rings. The van der Waals surface area contributed by atoms with Gasteiger partial charge in [0.2, 0.25) is 0 Å². The fraction of sp³-hybridized carbons (Fsp3) is 0.500. The molecule has 8 nitrogen and oxygen atoms in total. The topological polar surface area (TPSA) is 97.5 Å². The number of nitrogens with zero attached hydrogens (tertiary/aromatic N) is 4. The number of likely N-dealkylation sites (tertiary alicyclic amines) is 1. The van der Waals surface area contributed by atoms with Crippen LogP contribution in [0.1, 0.15) is 18.2 Å². The van der Waals surface area contributed by atoms with Crippen LogP contribution in [0.25, 0.3) is 11.1 Å². The van der Waals surface area contributed by atoms with Crippen molar-refractivity contribution in [1.29, 1.82) is 0 Å². The minimum atomic E-state index is -4.41. The zero-order valence-electron chi connectivity index (χ0n) is 16.6. The van der Waals surface area contributed by atoms with Gasteiger partial charge < -0.3 is 14.4 Å². The maximum atomic E-state index is 13.1. The minimum absolute atomic E-state index is 0.182. The molecular weight excluding hydrogens is 417 g/mol. The van der Waals surface area contributed by atoms with E-state index in [0.29, 0.717) is 16.8 Å². The van der Waals surface area contributed by atoms with Crippen LogP contribution in [0.3, 0.4) is 0 Å². The molecule has 2 aliphatic heterocycles. The summed E-state index contributed by atoms with van der Waals surface area (Å²) in [7, 11) is 1.17. The summed E-state index contributed by atoms with van der Waals surface area (Å²) in [6, 6.07) is 1.65. The molecule has 2 aliphatic rings. The van der Waals surface area contributed by atoms with E-state index >= 15 is 0 Å². The van der Waals surface area contributed by atoms with E-state index in [1.165, 1.54) is 35.3 Å². The number of aromatic nitrogens is 3. The van der Waals surface area contributed by atoms with Crippen LogP contribution in [0.5, 0.6) is 0 Å². The van der Waals surface area contributed by atoms with Crippen LogP contribution >= 0.6 is 0 Å². The number of hydrogen-bond donors (Lipinski definition) is 1. The lowest BCUT2D eigenvalue weighted by Crippen LogP contribution is -2.44. The molecule has 0 aliphatic carbocycles. The summed E-state index contributed by atoms with van der Waals surface area (Å²) in [6.07, 6.45) is -1.18. The molecule has 0 bridgehead atoms. The Bertz CT molecular complexity index is 1030. The monoisotopic (exact) mass is 438 g/mol. The van der Waals surface area contributed by atoms with Gasteiger partial charge in [-0.1, -0.05) is 0 Å².